The molecule has 116 valence electrons. The highest BCUT2D eigenvalue weighted by molar-refractivity contribution is 7.10. The molecule has 3 nitrogen and oxygen atoms in total. The fourth-order valence-electron chi connectivity index (χ4n) is 2.18. The number of nitrogens with zero attached hydrogens (tertiary/aromatic N) is 1. The zero-order valence-electron chi connectivity index (χ0n) is 11.9. The topological polar surface area (TPSA) is 42.0 Å². The first-order chi connectivity index (χ1) is 11.1. The van der Waals surface area contributed by atoms with Crippen LogP contribution in [0.1, 0.15) is 26.8 Å². The Balaban J connectivity index is 1.89. The molecule has 0 fully saturated rings. The Morgan fingerprint density at radius 1 is 1.13 bits per heavy atom. The summed E-state index contributed by atoms with van der Waals surface area (Å²) in [6.45, 7) is 0. The van der Waals surface area contributed by atoms with E-state index in [-0.39, 0.29) is 22.1 Å². The van der Waals surface area contributed by atoms with Crippen molar-refractivity contribution in [2.24, 2.45) is 0 Å². The fraction of sp³-hybridized carbons (Fsp3) is 0.0588. The molecular formula is C17H12Cl2N2OS. The lowest BCUT2D eigenvalue weighted by atomic mass is 10.0. The number of carbonyl (C=O) groups is 1. The van der Waals surface area contributed by atoms with E-state index < -0.39 is 0 Å². The molecule has 0 aliphatic heterocycles. The zero-order chi connectivity index (χ0) is 16.2. The maximum absolute atomic E-state index is 12.5. The first-order valence-corrected chi connectivity index (χ1v) is 8.49. The second-order valence-corrected chi connectivity index (χ2v) is 6.57. The van der Waals surface area contributed by atoms with Crippen LogP contribution in [-0.4, -0.2) is 10.9 Å². The number of thiophene rings is 1. The van der Waals surface area contributed by atoms with Gasteiger partial charge in [0.15, 0.2) is 0 Å². The Morgan fingerprint density at radius 2 is 1.91 bits per heavy atom. The molecule has 1 aromatic carbocycles. The second kappa shape index (κ2) is 7.13. The third-order valence-electron chi connectivity index (χ3n) is 3.29. The molecule has 0 bridgehead atoms. The molecule has 2 heterocycles. The zero-order valence-corrected chi connectivity index (χ0v) is 14.2. The standard InChI is InChI=1S/C17H12Cl2N2OS/c18-13-9-12(10-20-16(13)19)17(22)21-15(14-7-4-8-23-14)11-5-2-1-3-6-11/h1-10,15H,(H,21,22)/t15-/m0/s1. The molecule has 0 aliphatic carbocycles. The van der Waals surface area contributed by atoms with Gasteiger partial charge in [0.25, 0.3) is 5.91 Å². The molecule has 1 amide bonds. The molecule has 0 radical (unpaired) electrons. The van der Waals surface area contributed by atoms with E-state index in [1.165, 1.54) is 12.3 Å². The SMILES string of the molecule is O=C(N[C@@H](c1ccccc1)c1cccs1)c1cnc(Cl)c(Cl)c1. The quantitative estimate of drug-likeness (QED) is 0.665. The highest BCUT2D eigenvalue weighted by Gasteiger charge is 2.19. The van der Waals surface area contributed by atoms with Crippen LogP contribution in [0.15, 0.2) is 60.1 Å². The van der Waals surface area contributed by atoms with Gasteiger partial charge in [0.05, 0.1) is 16.6 Å². The van der Waals surface area contributed by atoms with Crippen LogP contribution in [0, 0.1) is 0 Å². The summed E-state index contributed by atoms with van der Waals surface area (Å²) in [5, 5.41) is 5.45. The number of nitrogens with one attached hydrogen (secondary N) is 1. The molecule has 23 heavy (non-hydrogen) atoms. The van der Waals surface area contributed by atoms with Gasteiger partial charge in [0.1, 0.15) is 5.15 Å². The molecule has 2 aromatic heterocycles. The number of benzene rings is 1. The molecular weight excluding hydrogens is 351 g/mol. The van der Waals surface area contributed by atoms with Gasteiger partial charge in [-0.25, -0.2) is 4.98 Å². The Labute approximate surface area is 147 Å². The Morgan fingerprint density at radius 3 is 2.57 bits per heavy atom. The maximum atomic E-state index is 12.5. The summed E-state index contributed by atoms with van der Waals surface area (Å²) in [7, 11) is 0. The molecule has 0 aliphatic rings. The number of carbonyl (C=O) groups excluding carboxylic acids is 1. The molecule has 6 heteroatoms. The van der Waals surface area contributed by atoms with E-state index in [1.54, 1.807) is 11.3 Å². The van der Waals surface area contributed by atoms with Gasteiger partial charge < -0.3 is 5.32 Å². The van der Waals surface area contributed by atoms with Crippen molar-refractivity contribution < 1.29 is 4.79 Å². The van der Waals surface area contributed by atoms with E-state index in [1.807, 2.05) is 47.8 Å². The molecule has 0 saturated carbocycles. The largest absolute Gasteiger partial charge is 0.340 e. The summed E-state index contributed by atoms with van der Waals surface area (Å²) in [6, 6.07) is 15.1. The highest BCUT2D eigenvalue weighted by atomic mass is 35.5. The van der Waals surface area contributed by atoms with Gasteiger partial charge in [0, 0.05) is 11.1 Å². The predicted molar refractivity (Wildman–Crippen MR) is 94.3 cm³/mol. The molecule has 1 N–H and O–H groups in total. The molecule has 1 atom stereocenters. The number of pyridine rings is 1. The average molecular weight is 363 g/mol. The summed E-state index contributed by atoms with van der Waals surface area (Å²) in [6.07, 6.45) is 1.42. The van der Waals surface area contributed by atoms with Crippen molar-refractivity contribution >= 4 is 40.4 Å². The van der Waals surface area contributed by atoms with Crippen LogP contribution in [0.2, 0.25) is 10.2 Å². The Kier molecular flexibility index (Phi) is 4.96. The van der Waals surface area contributed by atoms with Crippen molar-refractivity contribution in [3.63, 3.8) is 0 Å². The van der Waals surface area contributed by atoms with Gasteiger partial charge >= 0.3 is 0 Å². The lowest BCUT2D eigenvalue weighted by molar-refractivity contribution is 0.0943. The van der Waals surface area contributed by atoms with Gasteiger partial charge in [-0.1, -0.05) is 59.6 Å². The number of rotatable bonds is 4. The molecule has 3 rings (SSSR count). The minimum Gasteiger partial charge on any atom is -0.340 e. The first-order valence-electron chi connectivity index (χ1n) is 6.85. The molecule has 0 saturated heterocycles. The maximum Gasteiger partial charge on any atom is 0.253 e. The third kappa shape index (κ3) is 3.72. The van der Waals surface area contributed by atoms with Gasteiger partial charge in [-0.15, -0.1) is 11.3 Å². The van der Waals surface area contributed by atoms with Crippen molar-refractivity contribution in [1.82, 2.24) is 10.3 Å². The smallest absolute Gasteiger partial charge is 0.253 e. The minimum atomic E-state index is -0.252. The number of amides is 1. The van der Waals surface area contributed by atoms with E-state index in [4.69, 9.17) is 23.2 Å². The number of aromatic nitrogens is 1. The average Bonchev–Trinajstić information content (AvgIpc) is 3.10. The summed E-state index contributed by atoms with van der Waals surface area (Å²) >= 11 is 13.3. The van der Waals surface area contributed by atoms with Crippen LogP contribution >= 0.6 is 34.5 Å². The number of hydrogen-bond donors (Lipinski definition) is 1. The highest BCUT2D eigenvalue weighted by Crippen LogP contribution is 2.27. The number of hydrogen-bond acceptors (Lipinski definition) is 3. The van der Waals surface area contributed by atoms with E-state index in [0.717, 1.165) is 10.4 Å². The van der Waals surface area contributed by atoms with Crippen LogP contribution in [-0.2, 0) is 0 Å². The Bertz CT molecular complexity index is 807. The van der Waals surface area contributed by atoms with Gasteiger partial charge in [0.2, 0.25) is 0 Å². The van der Waals surface area contributed by atoms with Crippen molar-refractivity contribution in [2.75, 3.05) is 0 Å². The summed E-state index contributed by atoms with van der Waals surface area (Å²) in [4.78, 5) is 17.5. The van der Waals surface area contributed by atoms with Gasteiger partial charge in [-0.3, -0.25) is 4.79 Å². The lowest BCUT2D eigenvalue weighted by Crippen LogP contribution is -2.28. The minimum absolute atomic E-state index is 0.182. The van der Waals surface area contributed by atoms with Gasteiger partial charge in [-0.05, 0) is 23.1 Å². The predicted octanol–water partition coefficient (Wildman–Crippen LogP) is 4.97. The van der Waals surface area contributed by atoms with E-state index >= 15 is 0 Å². The van der Waals surface area contributed by atoms with E-state index in [0.29, 0.717) is 5.56 Å². The lowest BCUT2D eigenvalue weighted by Gasteiger charge is -2.18. The molecule has 3 aromatic rings. The van der Waals surface area contributed by atoms with Crippen molar-refractivity contribution in [2.45, 2.75) is 6.04 Å². The van der Waals surface area contributed by atoms with Crippen LogP contribution in [0.4, 0.5) is 0 Å². The number of halogens is 2. The second-order valence-electron chi connectivity index (χ2n) is 4.83. The molecule has 0 unspecified atom stereocenters. The normalized spacial score (nSPS) is 11.9. The van der Waals surface area contributed by atoms with Crippen LogP contribution in [0.5, 0.6) is 0 Å². The van der Waals surface area contributed by atoms with Crippen LogP contribution in [0.25, 0.3) is 0 Å². The first kappa shape index (κ1) is 16.0. The molecule has 0 spiro atoms. The van der Waals surface area contributed by atoms with Crippen molar-refractivity contribution in [1.29, 1.82) is 0 Å². The van der Waals surface area contributed by atoms with Gasteiger partial charge in [-0.2, -0.15) is 0 Å². The van der Waals surface area contributed by atoms with E-state index in [9.17, 15) is 4.79 Å². The summed E-state index contributed by atoms with van der Waals surface area (Å²) in [5.74, 6) is -0.252. The van der Waals surface area contributed by atoms with Crippen molar-refractivity contribution in [3.05, 3.63) is 86.3 Å². The summed E-state index contributed by atoms with van der Waals surface area (Å²) in [5.41, 5.74) is 1.38. The van der Waals surface area contributed by atoms with Crippen molar-refractivity contribution in [3.8, 4) is 0 Å². The van der Waals surface area contributed by atoms with Crippen LogP contribution in [0.3, 0.4) is 0 Å². The third-order valence-corrected chi connectivity index (χ3v) is 4.92. The van der Waals surface area contributed by atoms with Crippen LogP contribution < -0.4 is 5.32 Å². The summed E-state index contributed by atoms with van der Waals surface area (Å²) < 4.78 is 0. The fourth-order valence-corrected chi connectivity index (χ4v) is 3.25. The van der Waals surface area contributed by atoms with E-state index in [2.05, 4.69) is 10.3 Å². The Hall–Kier alpha value is -1.88. The monoisotopic (exact) mass is 362 g/mol.